The predicted octanol–water partition coefficient (Wildman–Crippen LogP) is 5.03. The van der Waals surface area contributed by atoms with Gasteiger partial charge in [0.15, 0.2) is 11.4 Å². The Morgan fingerprint density at radius 2 is 1.87 bits per heavy atom. The first kappa shape index (κ1) is 19.0. The smallest absolute Gasteiger partial charge is 0.315 e. The Kier molecular flexibility index (Phi) is 4.14. The summed E-state index contributed by atoms with van der Waals surface area (Å²) in [5.41, 5.74) is 0.353. The zero-order valence-corrected chi connectivity index (χ0v) is 17.1. The molecule has 1 fully saturated rings. The van der Waals surface area contributed by atoms with Crippen molar-refractivity contribution in [1.29, 1.82) is 0 Å². The van der Waals surface area contributed by atoms with E-state index in [4.69, 9.17) is 37.4 Å². The fourth-order valence-electron chi connectivity index (χ4n) is 4.21. The van der Waals surface area contributed by atoms with Crippen molar-refractivity contribution in [3.63, 3.8) is 0 Å². The normalized spacial score (nSPS) is 23.1. The molecule has 2 aliphatic heterocycles. The van der Waals surface area contributed by atoms with Gasteiger partial charge in [-0.05, 0) is 24.1 Å². The molecular weight excluding hydrogens is 431 g/mol. The molecule has 6 nitrogen and oxygen atoms in total. The Hall–Kier alpha value is -2.96. The lowest BCUT2D eigenvalue weighted by Gasteiger charge is -2.37. The van der Waals surface area contributed by atoms with Gasteiger partial charge >= 0.3 is 11.9 Å². The highest BCUT2D eigenvalue weighted by Crippen LogP contribution is 2.60. The quantitative estimate of drug-likeness (QED) is 0.490. The standard InChI is InChI=1S/C22H14Cl2O6/c1-10(25)28-20-9-19-14(7-16(20)24)22(12-5-3-2-4-11(12)21(27)30-22)13-6-15(23)17(26)8-18(13)29-19/h2-3,5-9,11,26H,4H2,1H3. The maximum absolute atomic E-state index is 12.8. The van der Waals surface area contributed by atoms with E-state index in [-0.39, 0.29) is 39.0 Å². The molecule has 1 aliphatic carbocycles. The number of fused-ring (bicyclic) bond motifs is 6. The molecule has 152 valence electrons. The summed E-state index contributed by atoms with van der Waals surface area (Å²) in [5.74, 6) is -0.903. The van der Waals surface area contributed by atoms with Gasteiger partial charge in [0.25, 0.3) is 0 Å². The van der Waals surface area contributed by atoms with Gasteiger partial charge < -0.3 is 19.3 Å². The van der Waals surface area contributed by atoms with Crippen LogP contribution in [0.15, 0.2) is 48.1 Å². The topological polar surface area (TPSA) is 82.1 Å². The Balaban J connectivity index is 1.83. The highest BCUT2D eigenvalue weighted by Gasteiger charge is 2.58. The first-order valence-corrected chi connectivity index (χ1v) is 9.90. The number of allylic oxidation sites excluding steroid dienone is 3. The zero-order valence-electron chi connectivity index (χ0n) is 15.6. The molecule has 2 unspecified atom stereocenters. The minimum absolute atomic E-state index is 0.0919. The molecule has 8 heteroatoms. The molecular formula is C22H14Cl2O6. The van der Waals surface area contributed by atoms with E-state index < -0.39 is 17.5 Å². The number of halogens is 2. The molecule has 0 radical (unpaired) electrons. The molecule has 0 amide bonds. The number of aromatic hydroxyl groups is 1. The summed E-state index contributed by atoms with van der Waals surface area (Å²) >= 11 is 12.6. The second-order valence-electron chi connectivity index (χ2n) is 7.22. The SMILES string of the molecule is CC(=O)Oc1cc2c(cc1Cl)C1(OC(=O)C3CC=CC=C31)c1cc(Cl)c(O)cc1O2. The number of hydrogen-bond donors (Lipinski definition) is 1. The third-order valence-electron chi connectivity index (χ3n) is 5.42. The second-order valence-corrected chi connectivity index (χ2v) is 8.03. The van der Waals surface area contributed by atoms with Crippen LogP contribution in [-0.4, -0.2) is 17.0 Å². The van der Waals surface area contributed by atoms with Crippen molar-refractivity contribution in [1.82, 2.24) is 0 Å². The van der Waals surface area contributed by atoms with E-state index in [1.807, 2.05) is 18.2 Å². The van der Waals surface area contributed by atoms with Gasteiger partial charge in [-0.1, -0.05) is 41.4 Å². The number of benzene rings is 2. The zero-order chi connectivity index (χ0) is 21.2. The fraction of sp³-hybridized carbons (Fsp3) is 0.182. The van der Waals surface area contributed by atoms with Crippen LogP contribution in [-0.2, 0) is 19.9 Å². The van der Waals surface area contributed by atoms with E-state index in [0.29, 0.717) is 17.5 Å². The number of esters is 2. The van der Waals surface area contributed by atoms with Gasteiger partial charge in [0.1, 0.15) is 17.2 Å². The third kappa shape index (κ3) is 2.57. The third-order valence-corrected chi connectivity index (χ3v) is 6.02. The average Bonchev–Trinajstić information content (AvgIpc) is 2.99. The van der Waals surface area contributed by atoms with E-state index in [2.05, 4.69) is 0 Å². The van der Waals surface area contributed by atoms with E-state index in [1.165, 1.54) is 25.1 Å². The number of hydrogen-bond acceptors (Lipinski definition) is 6. The fourth-order valence-corrected chi connectivity index (χ4v) is 4.58. The lowest BCUT2D eigenvalue weighted by Crippen LogP contribution is -2.33. The van der Waals surface area contributed by atoms with Crippen LogP contribution in [0, 0.1) is 5.92 Å². The predicted molar refractivity (Wildman–Crippen MR) is 108 cm³/mol. The van der Waals surface area contributed by atoms with Crippen molar-refractivity contribution in [3.8, 4) is 23.0 Å². The maximum atomic E-state index is 12.8. The first-order valence-electron chi connectivity index (χ1n) is 9.14. The van der Waals surface area contributed by atoms with Gasteiger partial charge in [0.05, 0.1) is 16.0 Å². The Morgan fingerprint density at radius 1 is 1.17 bits per heavy atom. The van der Waals surface area contributed by atoms with Crippen molar-refractivity contribution in [2.45, 2.75) is 18.9 Å². The van der Waals surface area contributed by atoms with E-state index in [9.17, 15) is 14.7 Å². The molecule has 2 atom stereocenters. The van der Waals surface area contributed by atoms with Crippen LogP contribution in [0.3, 0.4) is 0 Å². The van der Waals surface area contributed by atoms with Crippen LogP contribution in [0.4, 0.5) is 0 Å². The van der Waals surface area contributed by atoms with Gasteiger partial charge in [0.2, 0.25) is 0 Å². The summed E-state index contributed by atoms with van der Waals surface area (Å²) in [6, 6.07) is 5.92. The molecule has 30 heavy (non-hydrogen) atoms. The van der Waals surface area contributed by atoms with Crippen LogP contribution < -0.4 is 9.47 Å². The van der Waals surface area contributed by atoms with Crippen LogP contribution in [0.5, 0.6) is 23.0 Å². The van der Waals surface area contributed by atoms with Gasteiger partial charge in [-0.15, -0.1) is 0 Å². The number of phenols is 1. The van der Waals surface area contributed by atoms with Gasteiger partial charge in [-0.2, -0.15) is 0 Å². The monoisotopic (exact) mass is 444 g/mol. The lowest BCUT2D eigenvalue weighted by atomic mass is 9.73. The van der Waals surface area contributed by atoms with Gasteiger partial charge in [-0.3, -0.25) is 9.59 Å². The van der Waals surface area contributed by atoms with E-state index in [0.717, 1.165) is 5.57 Å². The summed E-state index contributed by atoms with van der Waals surface area (Å²) in [7, 11) is 0. The maximum Gasteiger partial charge on any atom is 0.315 e. The molecule has 0 bridgehead atoms. The molecule has 0 aromatic heterocycles. The Labute approximate surface area is 181 Å². The molecule has 2 heterocycles. The van der Waals surface area contributed by atoms with E-state index >= 15 is 0 Å². The van der Waals surface area contributed by atoms with Gasteiger partial charge in [0, 0.05) is 30.2 Å². The summed E-state index contributed by atoms with van der Waals surface area (Å²) in [6.45, 7) is 1.26. The van der Waals surface area contributed by atoms with Crippen molar-refractivity contribution in [2.75, 3.05) is 0 Å². The lowest BCUT2D eigenvalue weighted by molar-refractivity contribution is -0.148. The van der Waals surface area contributed by atoms with Crippen LogP contribution in [0.25, 0.3) is 0 Å². The highest BCUT2D eigenvalue weighted by atomic mass is 35.5. The molecule has 1 saturated heterocycles. The van der Waals surface area contributed by atoms with E-state index in [1.54, 1.807) is 6.07 Å². The molecule has 0 saturated carbocycles. The van der Waals surface area contributed by atoms with Crippen molar-refractivity contribution < 1.29 is 28.9 Å². The summed E-state index contributed by atoms with van der Waals surface area (Å²) < 4.78 is 17.2. The van der Waals surface area contributed by atoms with Crippen LogP contribution in [0.1, 0.15) is 24.5 Å². The molecule has 2 aromatic rings. The molecule has 5 rings (SSSR count). The number of carbonyl (C=O) groups is 2. The minimum Gasteiger partial charge on any atom is -0.506 e. The number of carbonyl (C=O) groups excluding carboxylic acids is 2. The highest BCUT2D eigenvalue weighted by molar-refractivity contribution is 6.32. The van der Waals surface area contributed by atoms with Crippen molar-refractivity contribution in [3.05, 3.63) is 69.2 Å². The number of phenolic OH excluding ortho intramolecular Hbond substituents is 1. The summed E-state index contributed by atoms with van der Waals surface area (Å²) in [4.78, 5) is 24.3. The van der Waals surface area contributed by atoms with Crippen LogP contribution in [0.2, 0.25) is 10.0 Å². The average molecular weight is 445 g/mol. The van der Waals surface area contributed by atoms with Crippen molar-refractivity contribution in [2.24, 2.45) is 5.92 Å². The number of rotatable bonds is 1. The Bertz CT molecular complexity index is 1200. The molecule has 1 N–H and O–H groups in total. The second kappa shape index (κ2) is 6.52. The van der Waals surface area contributed by atoms with Crippen LogP contribution >= 0.6 is 23.2 Å². The largest absolute Gasteiger partial charge is 0.506 e. The first-order chi connectivity index (χ1) is 14.3. The summed E-state index contributed by atoms with van der Waals surface area (Å²) in [6.07, 6.45) is 6.10. The van der Waals surface area contributed by atoms with Crippen molar-refractivity contribution >= 4 is 35.1 Å². The summed E-state index contributed by atoms with van der Waals surface area (Å²) in [5, 5.41) is 10.4. The molecule has 1 spiro atoms. The molecule has 3 aliphatic rings. The number of ether oxygens (including phenoxy) is 3. The van der Waals surface area contributed by atoms with Gasteiger partial charge in [-0.25, -0.2) is 0 Å². The molecule has 2 aromatic carbocycles. The minimum atomic E-state index is -1.33. The Morgan fingerprint density at radius 3 is 2.60 bits per heavy atom.